The first-order valence-corrected chi connectivity index (χ1v) is 8.06. The molecule has 4 nitrogen and oxygen atoms in total. The van der Waals surface area contributed by atoms with Crippen LogP contribution < -0.4 is 5.32 Å². The van der Waals surface area contributed by atoms with Crippen LogP contribution in [0.2, 0.25) is 0 Å². The third kappa shape index (κ3) is 2.24. The largest absolute Gasteiger partial charge is 0.342 e. The SMILES string of the molecule is CC(c1cccs1)N1CCC(=O)NC(C)(C2CC2)C1=O. The van der Waals surface area contributed by atoms with E-state index in [4.69, 9.17) is 0 Å². The van der Waals surface area contributed by atoms with Gasteiger partial charge in [0.25, 0.3) is 0 Å². The number of hydrogen-bond acceptors (Lipinski definition) is 3. The molecule has 1 aliphatic carbocycles. The van der Waals surface area contributed by atoms with E-state index in [0.29, 0.717) is 18.9 Å². The van der Waals surface area contributed by atoms with Gasteiger partial charge in [-0.3, -0.25) is 9.59 Å². The first-order valence-electron chi connectivity index (χ1n) is 7.18. The lowest BCUT2D eigenvalue weighted by molar-refractivity contribution is -0.140. The van der Waals surface area contributed by atoms with Gasteiger partial charge >= 0.3 is 0 Å². The van der Waals surface area contributed by atoms with Gasteiger partial charge in [0.05, 0.1) is 6.04 Å². The Morgan fingerprint density at radius 3 is 2.80 bits per heavy atom. The fourth-order valence-electron chi connectivity index (χ4n) is 3.02. The van der Waals surface area contributed by atoms with Crippen molar-refractivity contribution >= 4 is 23.2 Å². The second-order valence-electron chi connectivity index (χ2n) is 5.96. The first-order chi connectivity index (χ1) is 9.52. The summed E-state index contributed by atoms with van der Waals surface area (Å²) < 4.78 is 0. The second kappa shape index (κ2) is 4.88. The van der Waals surface area contributed by atoms with Crippen LogP contribution in [0.4, 0.5) is 0 Å². The standard InChI is InChI=1S/C15H20N2O2S/c1-10(12-4-3-9-20-12)17-8-7-13(18)16-15(2,14(17)19)11-5-6-11/h3-4,9-11H,5-8H2,1-2H3,(H,16,18). The summed E-state index contributed by atoms with van der Waals surface area (Å²) in [5, 5.41) is 5.00. The van der Waals surface area contributed by atoms with Gasteiger partial charge in [0.2, 0.25) is 11.8 Å². The lowest BCUT2D eigenvalue weighted by Crippen LogP contribution is -2.57. The maximum atomic E-state index is 12.9. The van der Waals surface area contributed by atoms with E-state index in [2.05, 4.69) is 11.4 Å². The smallest absolute Gasteiger partial charge is 0.248 e. The molecule has 5 heteroatoms. The minimum Gasteiger partial charge on any atom is -0.342 e. The Hall–Kier alpha value is -1.36. The van der Waals surface area contributed by atoms with Crippen molar-refractivity contribution in [2.45, 2.75) is 44.7 Å². The topological polar surface area (TPSA) is 49.4 Å². The molecule has 0 aromatic carbocycles. The summed E-state index contributed by atoms with van der Waals surface area (Å²) in [6, 6.07) is 4.09. The molecule has 2 unspecified atom stereocenters. The molecule has 1 aromatic heterocycles. The van der Waals surface area contributed by atoms with Gasteiger partial charge in [0, 0.05) is 17.8 Å². The van der Waals surface area contributed by atoms with E-state index in [9.17, 15) is 9.59 Å². The highest BCUT2D eigenvalue weighted by Gasteiger charge is 2.51. The Kier molecular flexibility index (Phi) is 3.32. The number of thiophene rings is 1. The summed E-state index contributed by atoms with van der Waals surface area (Å²) in [7, 11) is 0. The Labute approximate surface area is 123 Å². The van der Waals surface area contributed by atoms with Crippen LogP contribution in [0.25, 0.3) is 0 Å². The van der Waals surface area contributed by atoms with Gasteiger partial charge < -0.3 is 10.2 Å². The number of hydrogen-bond donors (Lipinski definition) is 1. The number of carbonyl (C=O) groups excluding carboxylic acids is 2. The third-order valence-electron chi connectivity index (χ3n) is 4.50. The molecule has 2 fully saturated rings. The van der Waals surface area contributed by atoms with Crippen LogP contribution in [0, 0.1) is 5.92 Å². The predicted octanol–water partition coefficient (Wildman–Crippen LogP) is 2.33. The van der Waals surface area contributed by atoms with Crippen LogP contribution in [0.1, 0.15) is 44.0 Å². The van der Waals surface area contributed by atoms with Gasteiger partial charge in [0.1, 0.15) is 5.54 Å². The molecule has 3 rings (SSSR count). The summed E-state index contributed by atoms with van der Waals surface area (Å²) >= 11 is 1.66. The lowest BCUT2D eigenvalue weighted by atomic mass is 9.93. The Balaban J connectivity index is 1.90. The summed E-state index contributed by atoms with van der Waals surface area (Å²) in [4.78, 5) is 27.9. The van der Waals surface area contributed by atoms with Crippen LogP contribution >= 0.6 is 11.3 Å². The number of nitrogens with zero attached hydrogens (tertiary/aromatic N) is 1. The number of amides is 2. The monoisotopic (exact) mass is 292 g/mol. The average Bonchev–Trinajstić information content (AvgIpc) is 3.15. The van der Waals surface area contributed by atoms with Crippen molar-refractivity contribution in [1.82, 2.24) is 10.2 Å². The Morgan fingerprint density at radius 2 is 2.20 bits per heavy atom. The zero-order valence-electron chi connectivity index (χ0n) is 11.9. The summed E-state index contributed by atoms with van der Waals surface area (Å²) in [5.41, 5.74) is -0.709. The van der Waals surface area contributed by atoms with Crippen molar-refractivity contribution in [3.05, 3.63) is 22.4 Å². The van der Waals surface area contributed by atoms with E-state index in [-0.39, 0.29) is 17.9 Å². The van der Waals surface area contributed by atoms with Crippen LogP contribution in [0.3, 0.4) is 0 Å². The molecule has 0 spiro atoms. The predicted molar refractivity (Wildman–Crippen MR) is 78.3 cm³/mol. The molecule has 2 heterocycles. The minimum atomic E-state index is -0.709. The van der Waals surface area contributed by atoms with E-state index in [1.165, 1.54) is 4.88 Å². The average molecular weight is 292 g/mol. The molecule has 1 saturated carbocycles. The van der Waals surface area contributed by atoms with Crippen molar-refractivity contribution in [3.8, 4) is 0 Å². The van der Waals surface area contributed by atoms with Crippen molar-refractivity contribution in [2.24, 2.45) is 5.92 Å². The van der Waals surface area contributed by atoms with E-state index < -0.39 is 5.54 Å². The van der Waals surface area contributed by atoms with E-state index >= 15 is 0 Å². The van der Waals surface area contributed by atoms with Crippen LogP contribution in [0.15, 0.2) is 17.5 Å². The van der Waals surface area contributed by atoms with Crippen LogP contribution in [-0.4, -0.2) is 28.8 Å². The van der Waals surface area contributed by atoms with Gasteiger partial charge in [-0.25, -0.2) is 0 Å². The summed E-state index contributed by atoms with van der Waals surface area (Å²) in [6.45, 7) is 4.45. The maximum Gasteiger partial charge on any atom is 0.248 e. The number of nitrogens with one attached hydrogen (secondary N) is 1. The van der Waals surface area contributed by atoms with Crippen molar-refractivity contribution < 1.29 is 9.59 Å². The number of rotatable bonds is 3. The molecule has 2 aliphatic rings. The quantitative estimate of drug-likeness (QED) is 0.929. The van der Waals surface area contributed by atoms with Crippen molar-refractivity contribution in [3.63, 3.8) is 0 Å². The Bertz CT molecular complexity index is 524. The van der Waals surface area contributed by atoms with Gasteiger partial charge in [-0.15, -0.1) is 11.3 Å². The minimum absolute atomic E-state index is 0.00590. The molecule has 1 saturated heterocycles. The number of carbonyl (C=O) groups is 2. The van der Waals surface area contributed by atoms with E-state index in [0.717, 1.165) is 12.8 Å². The second-order valence-corrected chi connectivity index (χ2v) is 6.94. The summed E-state index contributed by atoms with van der Waals surface area (Å²) in [6.07, 6.45) is 2.46. The molecule has 1 aromatic rings. The Morgan fingerprint density at radius 1 is 1.45 bits per heavy atom. The lowest BCUT2D eigenvalue weighted by Gasteiger charge is -2.35. The van der Waals surface area contributed by atoms with Gasteiger partial charge in [0.15, 0.2) is 0 Å². The summed E-state index contributed by atoms with van der Waals surface area (Å²) in [5.74, 6) is 0.371. The zero-order valence-corrected chi connectivity index (χ0v) is 12.7. The van der Waals surface area contributed by atoms with Crippen LogP contribution in [0.5, 0.6) is 0 Å². The maximum absolute atomic E-state index is 12.9. The molecule has 0 radical (unpaired) electrons. The molecule has 1 aliphatic heterocycles. The van der Waals surface area contributed by atoms with Gasteiger partial charge in [-0.1, -0.05) is 6.07 Å². The highest BCUT2D eigenvalue weighted by atomic mass is 32.1. The van der Waals surface area contributed by atoms with E-state index in [1.807, 2.05) is 30.2 Å². The van der Waals surface area contributed by atoms with Crippen molar-refractivity contribution in [2.75, 3.05) is 6.54 Å². The normalized spacial score (nSPS) is 29.0. The molecule has 2 amide bonds. The molecule has 2 atom stereocenters. The van der Waals surface area contributed by atoms with Crippen LogP contribution in [-0.2, 0) is 9.59 Å². The molecular weight excluding hydrogens is 272 g/mol. The molecule has 108 valence electrons. The van der Waals surface area contributed by atoms with Crippen molar-refractivity contribution in [1.29, 1.82) is 0 Å². The van der Waals surface area contributed by atoms with Gasteiger partial charge in [-0.2, -0.15) is 0 Å². The zero-order chi connectivity index (χ0) is 14.3. The molecule has 0 bridgehead atoms. The molecular formula is C15H20N2O2S. The van der Waals surface area contributed by atoms with Gasteiger partial charge in [-0.05, 0) is 44.1 Å². The fraction of sp³-hybridized carbons (Fsp3) is 0.600. The molecule has 1 N–H and O–H groups in total. The molecule has 20 heavy (non-hydrogen) atoms. The third-order valence-corrected chi connectivity index (χ3v) is 5.54. The first kappa shape index (κ1) is 13.6. The highest BCUT2D eigenvalue weighted by Crippen LogP contribution is 2.42. The van der Waals surface area contributed by atoms with E-state index in [1.54, 1.807) is 11.3 Å². The fourth-order valence-corrected chi connectivity index (χ4v) is 3.81. The highest BCUT2D eigenvalue weighted by molar-refractivity contribution is 7.10.